The first-order chi connectivity index (χ1) is 10.6. The molecule has 0 saturated carbocycles. The average molecular weight is 299 g/mol. The van der Waals surface area contributed by atoms with Gasteiger partial charge in [0.1, 0.15) is 11.5 Å². The lowest BCUT2D eigenvalue weighted by atomic mass is 10.2. The van der Waals surface area contributed by atoms with Gasteiger partial charge >= 0.3 is 5.97 Å². The molecule has 0 aromatic heterocycles. The quantitative estimate of drug-likeness (QED) is 0.365. The van der Waals surface area contributed by atoms with Gasteiger partial charge in [0.2, 0.25) is 0 Å². The number of methoxy groups -OCH3 is 1. The third-order valence-corrected chi connectivity index (χ3v) is 2.78. The molecule has 0 N–H and O–H groups in total. The number of rotatable bonds is 5. The van der Waals surface area contributed by atoms with Crippen LogP contribution in [0.1, 0.15) is 5.56 Å². The molecule has 0 radical (unpaired) electrons. The van der Waals surface area contributed by atoms with Gasteiger partial charge in [-0.25, -0.2) is 4.79 Å². The molecule has 2 aromatic carbocycles. The van der Waals surface area contributed by atoms with Crippen molar-refractivity contribution in [2.24, 2.45) is 0 Å². The SMILES string of the molecule is COC(=O)C=Cc1ccc(Oc2ccc([N+](=O)[O-])cc2)cc1. The van der Waals surface area contributed by atoms with Crippen LogP contribution < -0.4 is 4.74 Å². The molecular formula is C16H13NO5. The number of nitro benzene ring substituents is 1. The van der Waals surface area contributed by atoms with Crippen LogP contribution in [-0.2, 0) is 9.53 Å². The number of benzene rings is 2. The minimum atomic E-state index is -0.466. The van der Waals surface area contributed by atoms with Crippen molar-refractivity contribution in [3.63, 3.8) is 0 Å². The van der Waals surface area contributed by atoms with Crippen molar-refractivity contribution < 1.29 is 19.2 Å². The molecular weight excluding hydrogens is 286 g/mol. The molecule has 0 aliphatic carbocycles. The normalized spacial score (nSPS) is 10.4. The number of non-ortho nitro benzene ring substituents is 1. The van der Waals surface area contributed by atoms with Crippen LogP contribution in [0.4, 0.5) is 5.69 Å². The van der Waals surface area contributed by atoms with Crippen LogP contribution >= 0.6 is 0 Å². The average Bonchev–Trinajstić information content (AvgIpc) is 2.54. The molecule has 0 unspecified atom stereocenters. The molecule has 22 heavy (non-hydrogen) atoms. The van der Waals surface area contributed by atoms with Crippen LogP contribution in [0.2, 0.25) is 0 Å². The highest BCUT2D eigenvalue weighted by Gasteiger charge is 2.05. The zero-order valence-electron chi connectivity index (χ0n) is 11.8. The van der Waals surface area contributed by atoms with Crippen molar-refractivity contribution in [3.05, 3.63) is 70.3 Å². The van der Waals surface area contributed by atoms with E-state index in [1.54, 1.807) is 30.3 Å². The van der Waals surface area contributed by atoms with Gasteiger partial charge in [-0.05, 0) is 35.9 Å². The summed E-state index contributed by atoms with van der Waals surface area (Å²) >= 11 is 0. The maximum Gasteiger partial charge on any atom is 0.330 e. The number of carbonyl (C=O) groups is 1. The van der Waals surface area contributed by atoms with E-state index < -0.39 is 10.9 Å². The van der Waals surface area contributed by atoms with E-state index in [4.69, 9.17) is 4.74 Å². The van der Waals surface area contributed by atoms with Crippen molar-refractivity contribution in [1.82, 2.24) is 0 Å². The van der Waals surface area contributed by atoms with Gasteiger partial charge in [0, 0.05) is 18.2 Å². The first-order valence-corrected chi connectivity index (χ1v) is 6.37. The van der Waals surface area contributed by atoms with Crippen LogP contribution in [0.25, 0.3) is 6.08 Å². The fourth-order valence-corrected chi connectivity index (χ4v) is 1.65. The minimum absolute atomic E-state index is 0.00986. The lowest BCUT2D eigenvalue weighted by molar-refractivity contribution is -0.384. The summed E-state index contributed by atoms with van der Waals surface area (Å²) in [6.07, 6.45) is 2.95. The summed E-state index contributed by atoms with van der Waals surface area (Å²) in [7, 11) is 1.31. The molecule has 0 saturated heterocycles. The largest absolute Gasteiger partial charge is 0.466 e. The molecule has 0 atom stereocenters. The summed E-state index contributed by atoms with van der Waals surface area (Å²) < 4.78 is 10.1. The Labute approximate surface area is 126 Å². The van der Waals surface area contributed by atoms with Crippen molar-refractivity contribution in [2.45, 2.75) is 0 Å². The van der Waals surface area contributed by atoms with E-state index in [-0.39, 0.29) is 5.69 Å². The predicted molar refractivity (Wildman–Crippen MR) is 80.7 cm³/mol. The Kier molecular flexibility index (Phi) is 4.87. The molecule has 0 heterocycles. The fraction of sp³-hybridized carbons (Fsp3) is 0.0625. The third kappa shape index (κ3) is 4.17. The summed E-state index contributed by atoms with van der Waals surface area (Å²) in [5, 5.41) is 10.6. The van der Waals surface area contributed by atoms with E-state index >= 15 is 0 Å². The summed E-state index contributed by atoms with van der Waals surface area (Å²) in [5.41, 5.74) is 0.831. The topological polar surface area (TPSA) is 78.7 Å². The summed E-state index contributed by atoms with van der Waals surface area (Å²) in [6, 6.07) is 12.8. The third-order valence-electron chi connectivity index (χ3n) is 2.78. The van der Waals surface area contributed by atoms with E-state index in [2.05, 4.69) is 4.74 Å². The number of hydrogen-bond acceptors (Lipinski definition) is 5. The molecule has 0 fully saturated rings. The van der Waals surface area contributed by atoms with Crippen LogP contribution in [0.5, 0.6) is 11.5 Å². The van der Waals surface area contributed by atoms with Crippen LogP contribution in [-0.4, -0.2) is 18.0 Å². The standard InChI is InChI=1S/C16H13NO5/c1-21-16(18)11-4-12-2-7-14(8-3-12)22-15-9-5-13(6-10-15)17(19)20/h2-11H,1H3. The van der Waals surface area contributed by atoms with Crippen LogP contribution in [0, 0.1) is 10.1 Å². The van der Waals surface area contributed by atoms with Crippen molar-refractivity contribution in [3.8, 4) is 11.5 Å². The van der Waals surface area contributed by atoms with Crippen molar-refractivity contribution in [2.75, 3.05) is 7.11 Å². The monoisotopic (exact) mass is 299 g/mol. The number of esters is 1. The molecule has 0 amide bonds. The van der Waals surface area contributed by atoms with Gasteiger partial charge in [-0.1, -0.05) is 12.1 Å². The Bertz CT molecular complexity index is 689. The second-order valence-electron chi connectivity index (χ2n) is 4.28. The molecule has 0 aliphatic rings. The van der Waals surface area contributed by atoms with Gasteiger partial charge in [0.25, 0.3) is 5.69 Å². The summed E-state index contributed by atoms with van der Waals surface area (Å²) in [4.78, 5) is 21.1. The van der Waals surface area contributed by atoms with Gasteiger partial charge in [-0.3, -0.25) is 10.1 Å². The minimum Gasteiger partial charge on any atom is -0.466 e. The second kappa shape index (κ2) is 7.03. The van der Waals surface area contributed by atoms with E-state index in [1.165, 1.54) is 37.5 Å². The number of hydrogen-bond donors (Lipinski definition) is 0. The maximum atomic E-state index is 11.0. The zero-order valence-corrected chi connectivity index (χ0v) is 11.8. The maximum absolute atomic E-state index is 11.0. The van der Waals surface area contributed by atoms with Gasteiger partial charge in [0.15, 0.2) is 0 Å². The summed E-state index contributed by atoms with van der Waals surface area (Å²) in [6.45, 7) is 0. The molecule has 2 aromatic rings. The molecule has 0 bridgehead atoms. The van der Waals surface area contributed by atoms with E-state index in [1.807, 2.05) is 0 Å². The lowest BCUT2D eigenvalue weighted by Crippen LogP contribution is -1.93. The highest BCUT2D eigenvalue weighted by Crippen LogP contribution is 2.24. The van der Waals surface area contributed by atoms with Gasteiger partial charge in [-0.15, -0.1) is 0 Å². The van der Waals surface area contributed by atoms with E-state index in [0.717, 1.165) is 5.56 Å². The Morgan fingerprint density at radius 1 is 1.05 bits per heavy atom. The molecule has 2 rings (SSSR count). The van der Waals surface area contributed by atoms with Crippen molar-refractivity contribution in [1.29, 1.82) is 0 Å². The van der Waals surface area contributed by atoms with Gasteiger partial charge in [0.05, 0.1) is 12.0 Å². The molecule has 6 heteroatoms. The van der Waals surface area contributed by atoms with Crippen LogP contribution in [0.3, 0.4) is 0 Å². The Morgan fingerprint density at radius 2 is 1.59 bits per heavy atom. The van der Waals surface area contributed by atoms with Crippen LogP contribution in [0.15, 0.2) is 54.6 Å². The number of nitrogens with zero attached hydrogens (tertiary/aromatic N) is 1. The number of ether oxygens (including phenoxy) is 2. The molecule has 0 aliphatic heterocycles. The molecule has 6 nitrogen and oxygen atoms in total. The zero-order chi connectivity index (χ0) is 15.9. The highest BCUT2D eigenvalue weighted by atomic mass is 16.6. The van der Waals surface area contributed by atoms with E-state index in [0.29, 0.717) is 11.5 Å². The first-order valence-electron chi connectivity index (χ1n) is 6.37. The number of carbonyl (C=O) groups excluding carboxylic acids is 1. The predicted octanol–water partition coefficient (Wildman–Crippen LogP) is 3.57. The molecule has 112 valence electrons. The Morgan fingerprint density at radius 3 is 2.09 bits per heavy atom. The van der Waals surface area contributed by atoms with Crippen molar-refractivity contribution >= 4 is 17.7 Å². The number of nitro groups is 1. The van der Waals surface area contributed by atoms with Gasteiger partial charge in [-0.2, -0.15) is 0 Å². The first kappa shape index (κ1) is 15.2. The smallest absolute Gasteiger partial charge is 0.330 e. The fourth-order valence-electron chi connectivity index (χ4n) is 1.65. The summed E-state index contributed by atoms with van der Waals surface area (Å²) in [5.74, 6) is 0.665. The second-order valence-corrected chi connectivity index (χ2v) is 4.28. The van der Waals surface area contributed by atoms with Gasteiger partial charge < -0.3 is 9.47 Å². The lowest BCUT2D eigenvalue weighted by Gasteiger charge is -2.05. The Hall–Kier alpha value is -3.15. The van der Waals surface area contributed by atoms with E-state index in [9.17, 15) is 14.9 Å². The Balaban J connectivity index is 2.03. The highest BCUT2D eigenvalue weighted by molar-refractivity contribution is 5.86. The molecule has 0 spiro atoms.